The third-order valence-electron chi connectivity index (χ3n) is 5.71. The first-order valence-electron chi connectivity index (χ1n) is 10.6. The van der Waals surface area contributed by atoms with Crippen LogP contribution in [-0.2, 0) is 13.1 Å². The normalized spacial score (nSPS) is 13.6. The Hall–Kier alpha value is -2.83. The number of nitrogens with zero attached hydrogens (tertiary/aromatic N) is 1. The summed E-state index contributed by atoms with van der Waals surface area (Å²) in [6, 6.07) is 18.9. The minimum absolute atomic E-state index is 0.601. The van der Waals surface area contributed by atoms with Crippen molar-refractivity contribution >= 4 is 11.8 Å². The molecule has 3 aromatic rings. The topological polar surface area (TPSA) is 40.2 Å². The summed E-state index contributed by atoms with van der Waals surface area (Å²) in [4.78, 5) is 3.62. The van der Waals surface area contributed by atoms with Crippen molar-refractivity contribution in [3.63, 3.8) is 0 Å². The highest BCUT2D eigenvalue weighted by Crippen LogP contribution is 2.39. The first kappa shape index (κ1) is 22.4. The van der Waals surface area contributed by atoms with Gasteiger partial charge in [0.15, 0.2) is 11.5 Å². The second-order valence-corrected chi connectivity index (χ2v) is 8.51. The zero-order valence-corrected chi connectivity index (χ0v) is 19.8. The smallest absolute Gasteiger partial charge is 0.165 e. The van der Waals surface area contributed by atoms with Gasteiger partial charge in [-0.25, -0.2) is 0 Å². The molecule has 0 N–H and O–H groups in total. The van der Waals surface area contributed by atoms with Gasteiger partial charge in [-0.3, -0.25) is 4.90 Å². The molecule has 0 spiro atoms. The number of hydrogen-bond acceptors (Lipinski definition) is 6. The molecule has 0 aliphatic carbocycles. The highest BCUT2D eigenvalue weighted by Gasteiger charge is 2.21. The number of methoxy groups -OCH3 is 3. The van der Waals surface area contributed by atoms with E-state index in [1.54, 1.807) is 33.1 Å². The van der Waals surface area contributed by atoms with Gasteiger partial charge in [0.25, 0.3) is 0 Å². The molecule has 0 fully saturated rings. The highest BCUT2D eigenvalue weighted by atomic mass is 32.2. The van der Waals surface area contributed by atoms with Crippen LogP contribution in [0.4, 0.5) is 0 Å². The molecule has 1 aliphatic rings. The van der Waals surface area contributed by atoms with Crippen molar-refractivity contribution in [2.45, 2.75) is 18.0 Å². The number of fused-ring (bicyclic) bond motifs is 1. The molecule has 0 saturated carbocycles. The van der Waals surface area contributed by atoms with E-state index in [4.69, 9.17) is 18.9 Å². The Morgan fingerprint density at radius 2 is 1.66 bits per heavy atom. The molecule has 0 atom stereocenters. The Labute approximate surface area is 194 Å². The molecule has 6 heteroatoms. The average molecular weight is 452 g/mol. The summed E-state index contributed by atoms with van der Waals surface area (Å²) in [5.74, 6) is 3.23. The molecule has 3 aromatic carbocycles. The largest absolute Gasteiger partial charge is 0.497 e. The maximum Gasteiger partial charge on any atom is 0.165 e. The quantitative estimate of drug-likeness (QED) is 0.442. The fraction of sp³-hybridized carbons (Fsp3) is 0.308. The van der Waals surface area contributed by atoms with Crippen molar-refractivity contribution in [2.75, 3.05) is 40.7 Å². The van der Waals surface area contributed by atoms with Crippen LogP contribution in [0.3, 0.4) is 0 Å². The van der Waals surface area contributed by atoms with Crippen molar-refractivity contribution in [1.82, 2.24) is 4.90 Å². The van der Waals surface area contributed by atoms with Gasteiger partial charge in [-0.2, -0.15) is 0 Å². The highest BCUT2D eigenvalue weighted by molar-refractivity contribution is 7.98. The monoisotopic (exact) mass is 451 g/mol. The molecule has 0 aromatic heterocycles. The minimum atomic E-state index is 0.601. The lowest BCUT2D eigenvalue weighted by molar-refractivity contribution is 0.214. The number of thioether (sulfide) groups is 1. The maximum atomic E-state index is 6.14. The van der Waals surface area contributed by atoms with Gasteiger partial charge in [0.2, 0.25) is 0 Å². The Balaban J connectivity index is 1.64. The second-order valence-electron chi connectivity index (χ2n) is 7.63. The summed E-state index contributed by atoms with van der Waals surface area (Å²) in [6.45, 7) is 2.93. The summed E-state index contributed by atoms with van der Waals surface area (Å²) in [6.07, 6.45) is 2.09. The Kier molecular flexibility index (Phi) is 7.12. The number of benzene rings is 3. The van der Waals surface area contributed by atoms with E-state index in [0.29, 0.717) is 6.61 Å². The molecule has 1 aliphatic heterocycles. The first-order chi connectivity index (χ1) is 15.6. The molecule has 0 bridgehead atoms. The molecule has 0 amide bonds. The summed E-state index contributed by atoms with van der Waals surface area (Å²) >= 11 is 1.74. The van der Waals surface area contributed by atoms with Crippen LogP contribution < -0.4 is 18.9 Å². The van der Waals surface area contributed by atoms with Crippen molar-refractivity contribution in [3.8, 4) is 34.1 Å². The van der Waals surface area contributed by atoms with Crippen LogP contribution in [0.2, 0.25) is 0 Å². The molecular formula is C26H29NO4S. The number of rotatable bonds is 7. The van der Waals surface area contributed by atoms with Crippen molar-refractivity contribution in [2.24, 2.45) is 0 Å². The molecule has 1 heterocycles. The van der Waals surface area contributed by atoms with Crippen molar-refractivity contribution in [1.29, 1.82) is 0 Å². The number of ether oxygens (including phenoxy) is 4. The zero-order chi connectivity index (χ0) is 22.5. The van der Waals surface area contributed by atoms with Crippen LogP contribution in [0.25, 0.3) is 11.1 Å². The second kappa shape index (κ2) is 10.2. The maximum absolute atomic E-state index is 6.14. The van der Waals surface area contributed by atoms with Crippen LogP contribution in [0.5, 0.6) is 23.0 Å². The Bertz CT molecular complexity index is 1070. The molecule has 0 radical (unpaired) electrons. The van der Waals surface area contributed by atoms with Crippen LogP contribution in [-0.4, -0.2) is 45.6 Å². The Morgan fingerprint density at radius 1 is 0.875 bits per heavy atom. The molecule has 4 rings (SSSR count). The van der Waals surface area contributed by atoms with Gasteiger partial charge >= 0.3 is 0 Å². The van der Waals surface area contributed by atoms with Gasteiger partial charge in [0.05, 0.1) is 21.3 Å². The lowest BCUT2D eigenvalue weighted by Crippen LogP contribution is -2.25. The minimum Gasteiger partial charge on any atom is -0.497 e. The van der Waals surface area contributed by atoms with Gasteiger partial charge in [-0.05, 0) is 47.7 Å². The summed E-state index contributed by atoms with van der Waals surface area (Å²) in [5, 5.41) is 0. The van der Waals surface area contributed by atoms with Gasteiger partial charge < -0.3 is 18.9 Å². The third-order valence-corrected chi connectivity index (χ3v) is 6.45. The van der Waals surface area contributed by atoms with Gasteiger partial charge in [-0.1, -0.05) is 18.2 Å². The van der Waals surface area contributed by atoms with Gasteiger partial charge in [-0.15, -0.1) is 11.8 Å². The molecule has 5 nitrogen and oxygen atoms in total. The molecular weight excluding hydrogens is 422 g/mol. The van der Waals surface area contributed by atoms with E-state index >= 15 is 0 Å². The summed E-state index contributed by atoms with van der Waals surface area (Å²) < 4.78 is 22.8. The number of hydrogen-bond donors (Lipinski definition) is 0. The van der Waals surface area contributed by atoms with E-state index in [1.807, 2.05) is 12.1 Å². The summed E-state index contributed by atoms with van der Waals surface area (Å²) in [7, 11) is 5.06. The molecule has 168 valence electrons. The average Bonchev–Trinajstić information content (AvgIpc) is 3.05. The fourth-order valence-electron chi connectivity index (χ4n) is 4.00. The zero-order valence-electron chi connectivity index (χ0n) is 19.0. The lowest BCUT2D eigenvalue weighted by Gasteiger charge is -2.21. The van der Waals surface area contributed by atoms with Crippen LogP contribution in [0, 0.1) is 0 Å². The van der Waals surface area contributed by atoms with Gasteiger partial charge in [0.1, 0.15) is 18.1 Å². The van der Waals surface area contributed by atoms with Crippen LogP contribution in [0.1, 0.15) is 11.1 Å². The van der Waals surface area contributed by atoms with Crippen molar-refractivity contribution < 1.29 is 18.9 Å². The van der Waals surface area contributed by atoms with E-state index in [1.165, 1.54) is 4.90 Å². The molecule has 0 unspecified atom stereocenters. The molecule has 0 saturated heterocycles. The predicted octanol–water partition coefficient (Wildman–Crippen LogP) is 5.50. The van der Waals surface area contributed by atoms with Gasteiger partial charge in [0, 0.05) is 41.7 Å². The van der Waals surface area contributed by atoms with E-state index in [2.05, 4.69) is 53.6 Å². The predicted molar refractivity (Wildman–Crippen MR) is 129 cm³/mol. The fourth-order valence-corrected chi connectivity index (χ4v) is 4.41. The summed E-state index contributed by atoms with van der Waals surface area (Å²) in [5.41, 5.74) is 4.53. The standard InChI is InChI=1S/C26H29NO4S/c1-28-22-8-5-19(24(15-22)29-2)16-27-11-12-31-26-21(17-27)13-20(14-25(26)30-3)18-6-9-23(32-4)10-7-18/h5-10,13-15H,11-12,16-17H2,1-4H3. The van der Waals surface area contributed by atoms with E-state index in [9.17, 15) is 0 Å². The van der Waals surface area contributed by atoms with Crippen molar-refractivity contribution in [3.05, 3.63) is 65.7 Å². The third kappa shape index (κ3) is 4.81. The SMILES string of the molecule is COc1ccc(CN2CCOc3c(cc(-c4ccc(SC)cc4)cc3OC)C2)c(OC)c1. The Morgan fingerprint density at radius 3 is 2.34 bits per heavy atom. The van der Waals surface area contributed by atoms with E-state index in [-0.39, 0.29) is 0 Å². The molecule has 32 heavy (non-hydrogen) atoms. The van der Waals surface area contributed by atoms with E-state index in [0.717, 1.165) is 64.9 Å². The van der Waals surface area contributed by atoms with Crippen LogP contribution >= 0.6 is 11.8 Å². The van der Waals surface area contributed by atoms with Crippen LogP contribution in [0.15, 0.2) is 59.5 Å². The van der Waals surface area contributed by atoms with E-state index < -0.39 is 0 Å². The first-order valence-corrected chi connectivity index (χ1v) is 11.8. The lowest BCUT2D eigenvalue weighted by atomic mass is 10.0.